The van der Waals surface area contributed by atoms with Crippen molar-refractivity contribution < 1.29 is 14.3 Å². The zero-order chi connectivity index (χ0) is 17.8. The van der Waals surface area contributed by atoms with Crippen molar-refractivity contribution in [2.75, 3.05) is 17.4 Å². The van der Waals surface area contributed by atoms with Crippen molar-refractivity contribution in [3.05, 3.63) is 66.1 Å². The molecule has 2 aromatic heterocycles. The molecular weight excluding hydrogens is 334 g/mol. The predicted molar refractivity (Wildman–Crippen MR) is 94.1 cm³/mol. The monoisotopic (exact) mass is 349 g/mol. The van der Waals surface area contributed by atoms with Gasteiger partial charge in [-0.2, -0.15) is 0 Å². The van der Waals surface area contributed by atoms with Crippen LogP contribution in [0, 0.1) is 0 Å². The molecule has 4 rings (SSSR count). The highest BCUT2D eigenvalue weighted by molar-refractivity contribution is 6.02. The van der Waals surface area contributed by atoms with E-state index in [2.05, 4.69) is 25.8 Å². The molecule has 130 valence electrons. The summed E-state index contributed by atoms with van der Waals surface area (Å²) >= 11 is 0. The number of aromatic nitrogens is 3. The molecule has 3 heterocycles. The van der Waals surface area contributed by atoms with Gasteiger partial charge in [0.25, 0.3) is 5.91 Å². The third-order valence-corrected chi connectivity index (χ3v) is 3.75. The van der Waals surface area contributed by atoms with Gasteiger partial charge in [0.05, 0.1) is 0 Å². The number of carbonyl (C=O) groups is 1. The van der Waals surface area contributed by atoms with Crippen LogP contribution < -0.4 is 20.1 Å². The third kappa shape index (κ3) is 3.54. The van der Waals surface area contributed by atoms with E-state index in [4.69, 9.17) is 9.47 Å². The third-order valence-electron chi connectivity index (χ3n) is 3.75. The molecular formula is C18H15N5O3. The quantitative estimate of drug-likeness (QED) is 0.730. The van der Waals surface area contributed by atoms with E-state index < -0.39 is 0 Å². The topological polar surface area (TPSA) is 98.3 Å². The summed E-state index contributed by atoms with van der Waals surface area (Å²) in [6.45, 7) is 0.784. The molecule has 1 aliphatic heterocycles. The highest BCUT2D eigenvalue weighted by atomic mass is 16.7. The van der Waals surface area contributed by atoms with Crippen molar-refractivity contribution in [1.29, 1.82) is 0 Å². The average Bonchev–Trinajstić information content (AvgIpc) is 3.15. The lowest BCUT2D eigenvalue weighted by Crippen LogP contribution is -2.14. The van der Waals surface area contributed by atoms with Gasteiger partial charge >= 0.3 is 0 Å². The predicted octanol–water partition coefficient (Wildman–Crippen LogP) is 2.46. The molecule has 0 atom stereocenters. The summed E-state index contributed by atoms with van der Waals surface area (Å²) in [5.74, 6) is 1.50. The second kappa shape index (κ2) is 7.06. The molecule has 1 aliphatic rings. The fourth-order valence-corrected chi connectivity index (χ4v) is 2.41. The highest BCUT2D eigenvalue weighted by Gasteiger charge is 2.15. The van der Waals surface area contributed by atoms with Crippen LogP contribution in [0.1, 0.15) is 16.1 Å². The summed E-state index contributed by atoms with van der Waals surface area (Å²) < 4.78 is 10.5. The SMILES string of the molecule is O=C(Nc1ccc2c(c1)OCO2)c1ccc(NCc2ccncc2)nn1. The Balaban J connectivity index is 1.37. The van der Waals surface area contributed by atoms with Crippen LogP contribution in [0.4, 0.5) is 11.5 Å². The molecule has 26 heavy (non-hydrogen) atoms. The fraction of sp³-hybridized carbons (Fsp3) is 0.111. The largest absolute Gasteiger partial charge is 0.454 e. The fourth-order valence-electron chi connectivity index (χ4n) is 2.41. The van der Waals surface area contributed by atoms with Gasteiger partial charge in [-0.25, -0.2) is 0 Å². The second-order valence-electron chi connectivity index (χ2n) is 5.53. The number of anilines is 2. The Kier molecular flexibility index (Phi) is 4.29. The number of rotatable bonds is 5. The van der Waals surface area contributed by atoms with Crippen LogP contribution in [-0.4, -0.2) is 27.9 Å². The van der Waals surface area contributed by atoms with Crippen LogP contribution >= 0.6 is 0 Å². The Bertz CT molecular complexity index is 916. The molecule has 2 N–H and O–H groups in total. The van der Waals surface area contributed by atoms with Crippen LogP contribution in [0.5, 0.6) is 11.5 Å². The van der Waals surface area contributed by atoms with E-state index in [0.29, 0.717) is 29.5 Å². The molecule has 0 saturated carbocycles. The van der Waals surface area contributed by atoms with Crippen molar-refractivity contribution in [2.24, 2.45) is 0 Å². The highest BCUT2D eigenvalue weighted by Crippen LogP contribution is 2.34. The number of hydrogen-bond donors (Lipinski definition) is 2. The van der Waals surface area contributed by atoms with Crippen LogP contribution in [0.3, 0.4) is 0 Å². The molecule has 8 heteroatoms. The molecule has 1 aromatic carbocycles. The number of pyridine rings is 1. The molecule has 3 aromatic rings. The Morgan fingerprint density at radius 3 is 2.65 bits per heavy atom. The summed E-state index contributed by atoms with van der Waals surface area (Å²) in [7, 11) is 0. The van der Waals surface area contributed by atoms with E-state index in [0.717, 1.165) is 5.56 Å². The number of benzene rings is 1. The van der Waals surface area contributed by atoms with Crippen molar-refractivity contribution in [1.82, 2.24) is 15.2 Å². The molecule has 0 saturated heterocycles. The summed E-state index contributed by atoms with van der Waals surface area (Å²) in [6, 6.07) is 12.3. The van der Waals surface area contributed by atoms with Gasteiger partial charge in [0.2, 0.25) is 6.79 Å². The van der Waals surface area contributed by atoms with E-state index >= 15 is 0 Å². The van der Waals surface area contributed by atoms with Crippen LogP contribution in [0.2, 0.25) is 0 Å². The summed E-state index contributed by atoms with van der Waals surface area (Å²) in [5, 5.41) is 13.9. The zero-order valence-electron chi connectivity index (χ0n) is 13.7. The van der Waals surface area contributed by atoms with Gasteiger partial charge in [0.1, 0.15) is 5.82 Å². The van der Waals surface area contributed by atoms with E-state index in [1.807, 2.05) is 12.1 Å². The first-order valence-corrected chi connectivity index (χ1v) is 7.95. The number of hydrogen-bond acceptors (Lipinski definition) is 7. The van der Waals surface area contributed by atoms with Gasteiger partial charge in [0.15, 0.2) is 17.2 Å². The van der Waals surface area contributed by atoms with Gasteiger partial charge in [-0.3, -0.25) is 9.78 Å². The van der Waals surface area contributed by atoms with Crippen LogP contribution in [-0.2, 0) is 6.54 Å². The van der Waals surface area contributed by atoms with E-state index in [1.54, 1.807) is 42.7 Å². The molecule has 1 amide bonds. The Morgan fingerprint density at radius 1 is 1.00 bits per heavy atom. The maximum absolute atomic E-state index is 12.3. The van der Waals surface area contributed by atoms with Gasteiger partial charge in [-0.1, -0.05) is 0 Å². The molecule has 0 spiro atoms. The molecule has 0 fully saturated rings. The minimum absolute atomic E-state index is 0.187. The van der Waals surface area contributed by atoms with Crippen molar-refractivity contribution >= 4 is 17.4 Å². The van der Waals surface area contributed by atoms with E-state index in [9.17, 15) is 4.79 Å². The maximum atomic E-state index is 12.3. The summed E-state index contributed by atoms with van der Waals surface area (Å²) in [6.07, 6.45) is 3.46. The number of amides is 1. The first-order chi connectivity index (χ1) is 12.8. The maximum Gasteiger partial charge on any atom is 0.276 e. The Hall–Kier alpha value is -3.68. The Morgan fingerprint density at radius 2 is 1.85 bits per heavy atom. The summed E-state index contributed by atoms with van der Waals surface area (Å²) in [5.41, 5.74) is 1.89. The second-order valence-corrected chi connectivity index (χ2v) is 5.53. The van der Waals surface area contributed by atoms with Gasteiger partial charge in [-0.15, -0.1) is 10.2 Å². The number of ether oxygens (including phenoxy) is 2. The minimum atomic E-state index is -0.350. The van der Waals surface area contributed by atoms with Crippen molar-refractivity contribution in [2.45, 2.75) is 6.54 Å². The zero-order valence-corrected chi connectivity index (χ0v) is 13.7. The summed E-state index contributed by atoms with van der Waals surface area (Å²) in [4.78, 5) is 16.3. The molecule has 0 radical (unpaired) electrons. The van der Waals surface area contributed by atoms with E-state index in [-0.39, 0.29) is 18.4 Å². The lowest BCUT2D eigenvalue weighted by Gasteiger charge is -2.07. The number of nitrogens with zero attached hydrogens (tertiary/aromatic N) is 3. The van der Waals surface area contributed by atoms with Gasteiger partial charge in [-0.05, 0) is 42.0 Å². The molecule has 0 aliphatic carbocycles. The van der Waals surface area contributed by atoms with Crippen LogP contribution in [0.15, 0.2) is 54.9 Å². The van der Waals surface area contributed by atoms with E-state index in [1.165, 1.54) is 0 Å². The number of fused-ring (bicyclic) bond motifs is 1. The number of nitrogens with one attached hydrogen (secondary N) is 2. The minimum Gasteiger partial charge on any atom is -0.454 e. The normalized spacial score (nSPS) is 11.8. The smallest absolute Gasteiger partial charge is 0.276 e. The standard InChI is InChI=1S/C18H15N5O3/c24-18(21-13-1-3-15-16(9-13)26-11-25-15)14-2-4-17(23-22-14)20-10-12-5-7-19-8-6-12/h1-9H,10-11H2,(H,20,23)(H,21,24). The first kappa shape index (κ1) is 15.8. The first-order valence-electron chi connectivity index (χ1n) is 7.95. The lowest BCUT2D eigenvalue weighted by molar-refractivity contribution is 0.102. The van der Waals surface area contributed by atoms with Crippen molar-refractivity contribution in [3.8, 4) is 11.5 Å². The molecule has 0 bridgehead atoms. The molecule has 0 unspecified atom stereocenters. The number of carbonyl (C=O) groups excluding carboxylic acids is 1. The Labute approximate surface area is 149 Å². The molecule has 8 nitrogen and oxygen atoms in total. The van der Waals surface area contributed by atoms with Crippen LogP contribution in [0.25, 0.3) is 0 Å². The van der Waals surface area contributed by atoms with Crippen molar-refractivity contribution in [3.63, 3.8) is 0 Å². The van der Waals surface area contributed by atoms with Gasteiger partial charge in [0, 0.05) is 30.7 Å². The lowest BCUT2D eigenvalue weighted by atomic mass is 10.2. The average molecular weight is 349 g/mol. The van der Waals surface area contributed by atoms with Gasteiger partial charge < -0.3 is 20.1 Å².